The fourth-order valence-electron chi connectivity index (χ4n) is 6.86. The van der Waals surface area contributed by atoms with Gasteiger partial charge in [-0.1, -0.05) is 203 Å². The van der Waals surface area contributed by atoms with Crippen molar-refractivity contribution >= 4 is 17.9 Å². The summed E-state index contributed by atoms with van der Waals surface area (Å²) >= 11 is 0. The summed E-state index contributed by atoms with van der Waals surface area (Å²) in [6.07, 6.45) is 61.7. The van der Waals surface area contributed by atoms with E-state index in [1.165, 1.54) is 89.9 Å². The highest BCUT2D eigenvalue weighted by atomic mass is 16.6. The van der Waals surface area contributed by atoms with Gasteiger partial charge in [0.25, 0.3) is 0 Å². The van der Waals surface area contributed by atoms with Gasteiger partial charge in [-0.25, -0.2) is 0 Å². The van der Waals surface area contributed by atoms with E-state index in [0.717, 1.165) is 109 Å². The summed E-state index contributed by atoms with van der Waals surface area (Å²) in [5, 5.41) is 0. The molecule has 0 aliphatic carbocycles. The van der Waals surface area contributed by atoms with Crippen LogP contribution in [0, 0.1) is 0 Å². The molecule has 0 amide bonds. The monoisotopic (exact) mass is 851 g/mol. The highest BCUT2D eigenvalue weighted by Crippen LogP contribution is 2.14. The highest BCUT2D eigenvalue weighted by molar-refractivity contribution is 5.71. The quantitative estimate of drug-likeness (QED) is 0.0200. The molecular formula is C55H94O6. The predicted octanol–water partition coefficient (Wildman–Crippen LogP) is 16.6. The van der Waals surface area contributed by atoms with Crippen LogP contribution in [0.2, 0.25) is 0 Å². The summed E-state index contributed by atoms with van der Waals surface area (Å²) < 4.78 is 16.7. The number of hydrogen-bond acceptors (Lipinski definition) is 6. The van der Waals surface area contributed by atoms with E-state index in [-0.39, 0.29) is 31.1 Å². The molecule has 0 radical (unpaired) electrons. The van der Waals surface area contributed by atoms with Crippen molar-refractivity contribution in [3.05, 3.63) is 72.9 Å². The van der Waals surface area contributed by atoms with Crippen LogP contribution in [0.4, 0.5) is 0 Å². The van der Waals surface area contributed by atoms with Crippen LogP contribution in [-0.2, 0) is 28.6 Å². The Morgan fingerprint density at radius 2 is 0.705 bits per heavy atom. The molecule has 350 valence electrons. The van der Waals surface area contributed by atoms with Crippen LogP contribution >= 0.6 is 0 Å². The van der Waals surface area contributed by atoms with Gasteiger partial charge in [0.1, 0.15) is 13.2 Å². The van der Waals surface area contributed by atoms with Gasteiger partial charge < -0.3 is 14.2 Å². The number of unbranched alkanes of at least 4 members (excludes halogenated alkanes) is 24. The van der Waals surface area contributed by atoms with Crippen molar-refractivity contribution in [3.63, 3.8) is 0 Å². The Morgan fingerprint density at radius 3 is 1.15 bits per heavy atom. The summed E-state index contributed by atoms with van der Waals surface area (Å²) in [6.45, 7) is 6.43. The summed E-state index contributed by atoms with van der Waals surface area (Å²) in [5.41, 5.74) is 0. The van der Waals surface area contributed by atoms with Crippen LogP contribution in [0.25, 0.3) is 0 Å². The normalized spacial score (nSPS) is 12.6. The van der Waals surface area contributed by atoms with Crippen molar-refractivity contribution < 1.29 is 28.6 Å². The lowest BCUT2D eigenvalue weighted by atomic mass is 10.1. The molecule has 0 aromatic carbocycles. The Bertz CT molecular complexity index is 1160. The van der Waals surface area contributed by atoms with E-state index in [4.69, 9.17) is 14.2 Å². The second-order valence-corrected chi connectivity index (χ2v) is 16.7. The highest BCUT2D eigenvalue weighted by Gasteiger charge is 2.19. The van der Waals surface area contributed by atoms with Crippen LogP contribution in [0.3, 0.4) is 0 Å². The summed E-state index contributed by atoms with van der Waals surface area (Å²) in [5.74, 6) is -0.947. The first-order chi connectivity index (χ1) is 30.0. The van der Waals surface area contributed by atoms with Crippen molar-refractivity contribution in [2.75, 3.05) is 13.2 Å². The third-order valence-corrected chi connectivity index (χ3v) is 10.7. The van der Waals surface area contributed by atoms with Gasteiger partial charge in [0.2, 0.25) is 0 Å². The molecule has 61 heavy (non-hydrogen) atoms. The van der Waals surface area contributed by atoms with Crippen molar-refractivity contribution in [2.45, 2.75) is 245 Å². The number of carbonyl (C=O) groups excluding carboxylic acids is 3. The van der Waals surface area contributed by atoms with E-state index < -0.39 is 6.10 Å². The Morgan fingerprint density at radius 1 is 0.361 bits per heavy atom. The van der Waals surface area contributed by atoms with Crippen molar-refractivity contribution in [3.8, 4) is 0 Å². The Kier molecular flexibility index (Phi) is 46.9. The molecular weight excluding hydrogens is 757 g/mol. The molecule has 0 aromatic heterocycles. The maximum Gasteiger partial charge on any atom is 0.306 e. The van der Waals surface area contributed by atoms with Gasteiger partial charge in [-0.2, -0.15) is 0 Å². The Labute approximate surface area is 376 Å². The molecule has 0 bridgehead atoms. The van der Waals surface area contributed by atoms with Gasteiger partial charge in [0.05, 0.1) is 0 Å². The van der Waals surface area contributed by atoms with E-state index in [0.29, 0.717) is 19.3 Å². The maximum absolute atomic E-state index is 12.8. The van der Waals surface area contributed by atoms with Gasteiger partial charge >= 0.3 is 17.9 Å². The topological polar surface area (TPSA) is 78.9 Å². The molecule has 6 nitrogen and oxygen atoms in total. The molecule has 0 aromatic rings. The summed E-state index contributed by atoms with van der Waals surface area (Å²) in [7, 11) is 0. The van der Waals surface area contributed by atoms with Gasteiger partial charge in [0.15, 0.2) is 6.10 Å². The lowest BCUT2D eigenvalue weighted by Crippen LogP contribution is -2.30. The number of allylic oxidation sites excluding steroid dienone is 12. The zero-order valence-corrected chi connectivity index (χ0v) is 39.9. The molecule has 0 saturated carbocycles. The van der Waals surface area contributed by atoms with E-state index in [1.807, 2.05) is 0 Å². The summed E-state index contributed by atoms with van der Waals surface area (Å²) in [4.78, 5) is 37.9. The molecule has 6 heteroatoms. The van der Waals surface area contributed by atoms with Gasteiger partial charge in [0, 0.05) is 19.3 Å². The van der Waals surface area contributed by atoms with Crippen LogP contribution in [-0.4, -0.2) is 37.2 Å². The molecule has 0 rings (SSSR count). The van der Waals surface area contributed by atoms with E-state index in [9.17, 15) is 14.4 Å². The molecule has 1 unspecified atom stereocenters. The van der Waals surface area contributed by atoms with Crippen molar-refractivity contribution in [1.29, 1.82) is 0 Å². The van der Waals surface area contributed by atoms with Crippen LogP contribution < -0.4 is 0 Å². The summed E-state index contributed by atoms with van der Waals surface area (Å²) in [6, 6.07) is 0. The standard InChI is InChI=1S/C55H94O6/c1-4-7-10-13-16-19-22-24-26-27-28-29-31-33-36-39-42-45-48-54(57)60-51-52(50-59-53(56)47-44-41-38-35-32-21-18-15-12-9-6-3)61-55(58)49-46-43-40-37-34-30-25-23-20-17-14-11-8-5-2/h8,11,15,17-18,20-21,26-29,32,52H,4-7,9-10,12-14,16,19,22-25,30-31,33-51H2,1-3H3/b11-8-,18-15-,20-17-,27-26-,29-28-,32-21-. The third-order valence-electron chi connectivity index (χ3n) is 10.7. The lowest BCUT2D eigenvalue weighted by molar-refractivity contribution is -0.167. The number of ether oxygens (including phenoxy) is 3. The molecule has 0 saturated heterocycles. The second-order valence-electron chi connectivity index (χ2n) is 16.7. The smallest absolute Gasteiger partial charge is 0.306 e. The molecule has 0 fully saturated rings. The zero-order valence-electron chi connectivity index (χ0n) is 39.9. The van der Waals surface area contributed by atoms with Crippen LogP contribution in [0.5, 0.6) is 0 Å². The third kappa shape index (κ3) is 47.7. The first-order valence-electron chi connectivity index (χ1n) is 25.5. The lowest BCUT2D eigenvalue weighted by Gasteiger charge is -2.18. The van der Waals surface area contributed by atoms with E-state index in [1.54, 1.807) is 0 Å². The average Bonchev–Trinajstić information content (AvgIpc) is 3.26. The fourth-order valence-corrected chi connectivity index (χ4v) is 6.86. The first kappa shape index (κ1) is 57.9. The van der Waals surface area contributed by atoms with Crippen LogP contribution in [0.15, 0.2) is 72.9 Å². The largest absolute Gasteiger partial charge is 0.462 e. The Balaban J connectivity index is 4.41. The number of hydrogen-bond donors (Lipinski definition) is 0. The zero-order chi connectivity index (χ0) is 44.4. The molecule has 0 aliphatic heterocycles. The predicted molar refractivity (Wildman–Crippen MR) is 261 cm³/mol. The van der Waals surface area contributed by atoms with Gasteiger partial charge in [-0.05, 0) is 89.9 Å². The minimum absolute atomic E-state index is 0.0957. The average molecular weight is 851 g/mol. The fraction of sp³-hybridized carbons (Fsp3) is 0.727. The minimum Gasteiger partial charge on any atom is -0.462 e. The number of carbonyl (C=O) groups is 3. The van der Waals surface area contributed by atoms with Crippen molar-refractivity contribution in [1.82, 2.24) is 0 Å². The second kappa shape index (κ2) is 49.5. The van der Waals surface area contributed by atoms with E-state index in [2.05, 4.69) is 93.7 Å². The maximum atomic E-state index is 12.8. The Hall–Kier alpha value is -3.15. The molecule has 0 heterocycles. The number of rotatable bonds is 45. The molecule has 0 spiro atoms. The molecule has 1 atom stereocenters. The molecule has 0 aliphatic rings. The van der Waals surface area contributed by atoms with E-state index >= 15 is 0 Å². The molecule has 0 N–H and O–H groups in total. The van der Waals surface area contributed by atoms with Gasteiger partial charge in [-0.15, -0.1) is 0 Å². The number of esters is 3. The first-order valence-corrected chi connectivity index (χ1v) is 25.5. The van der Waals surface area contributed by atoms with Crippen LogP contribution in [0.1, 0.15) is 239 Å². The van der Waals surface area contributed by atoms with Crippen molar-refractivity contribution in [2.24, 2.45) is 0 Å². The minimum atomic E-state index is -0.796. The van der Waals surface area contributed by atoms with Gasteiger partial charge in [-0.3, -0.25) is 14.4 Å². The SMILES string of the molecule is CC/C=C\C/C=C\CCCCCCCCCC(=O)OC(COC(=O)CCCCC/C=C\C=C/CCCC)COC(=O)CCCCCCC/C=C\C=C/CCCCCCCCC.